The number of hydrogen-bond donors (Lipinski definition) is 2. The molecule has 0 saturated carbocycles. The van der Waals surface area contributed by atoms with Crippen LogP contribution in [-0.2, 0) is 0 Å². The molecule has 1 aromatic rings. The Morgan fingerprint density at radius 1 is 1.37 bits per heavy atom. The normalized spacial score (nSPS) is 16.9. The lowest BCUT2D eigenvalue weighted by Gasteiger charge is -2.37. The summed E-state index contributed by atoms with van der Waals surface area (Å²) >= 11 is 3.59. The lowest BCUT2D eigenvalue weighted by Crippen LogP contribution is -2.42. The van der Waals surface area contributed by atoms with Crippen LogP contribution in [0.2, 0.25) is 0 Å². The number of hydrogen-bond acceptors (Lipinski definition) is 3. The van der Waals surface area contributed by atoms with E-state index in [0.29, 0.717) is 6.04 Å². The van der Waals surface area contributed by atoms with E-state index < -0.39 is 0 Å². The van der Waals surface area contributed by atoms with Gasteiger partial charge in [-0.3, -0.25) is 5.41 Å². The molecule has 1 fully saturated rings. The number of nitrogens with one attached hydrogen (secondary N) is 1. The number of nitrogen functional groups attached to an aromatic ring is 1. The fraction of sp³-hybridized carbons (Fsp3) is 0.500. The second kappa shape index (κ2) is 5.92. The first-order chi connectivity index (χ1) is 8.99. The van der Waals surface area contributed by atoms with Gasteiger partial charge in [-0.2, -0.15) is 0 Å². The van der Waals surface area contributed by atoms with Crippen LogP contribution in [0.5, 0.6) is 0 Å². The Hall–Kier alpha value is -1.07. The SMILES string of the molecule is CN(C)C1CCN(c2ccc(C(=N)N)cc2Br)CC1. The number of anilines is 1. The van der Waals surface area contributed by atoms with Crippen molar-refractivity contribution in [1.29, 1.82) is 5.41 Å². The van der Waals surface area contributed by atoms with Gasteiger partial charge in [-0.1, -0.05) is 0 Å². The van der Waals surface area contributed by atoms with Crippen LogP contribution in [0.4, 0.5) is 5.69 Å². The predicted molar refractivity (Wildman–Crippen MR) is 84.1 cm³/mol. The molecule has 5 heteroatoms. The molecule has 0 unspecified atom stereocenters. The highest BCUT2D eigenvalue weighted by atomic mass is 79.9. The monoisotopic (exact) mass is 324 g/mol. The summed E-state index contributed by atoms with van der Waals surface area (Å²) < 4.78 is 1.02. The van der Waals surface area contributed by atoms with Crippen molar-refractivity contribution in [2.75, 3.05) is 32.1 Å². The van der Waals surface area contributed by atoms with Crippen molar-refractivity contribution in [1.82, 2.24) is 4.90 Å². The Morgan fingerprint density at radius 2 is 2.00 bits per heavy atom. The van der Waals surface area contributed by atoms with Gasteiger partial charge in [0.2, 0.25) is 0 Å². The van der Waals surface area contributed by atoms with Gasteiger partial charge >= 0.3 is 0 Å². The van der Waals surface area contributed by atoms with Gasteiger partial charge in [0, 0.05) is 29.2 Å². The van der Waals surface area contributed by atoms with Crippen molar-refractivity contribution < 1.29 is 0 Å². The molecule has 4 nitrogen and oxygen atoms in total. The highest BCUT2D eigenvalue weighted by molar-refractivity contribution is 9.10. The molecule has 2 rings (SSSR count). The van der Waals surface area contributed by atoms with Crippen LogP contribution in [0.25, 0.3) is 0 Å². The standard InChI is InChI=1S/C14H21BrN4/c1-18(2)11-5-7-19(8-6-11)13-4-3-10(14(16)17)9-12(13)15/h3-4,9,11H,5-8H2,1-2H3,(H3,16,17). The van der Waals surface area contributed by atoms with Crippen LogP contribution in [0.1, 0.15) is 18.4 Å². The fourth-order valence-electron chi connectivity index (χ4n) is 2.55. The number of benzene rings is 1. The topological polar surface area (TPSA) is 56.4 Å². The lowest BCUT2D eigenvalue weighted by atomic mass is 10.0. The van der Waals surface area contributed by atoms with Crippen LogP contribution in [0.3, 0.4) is 0 Å². The second-order valence-corrected chi connectivity index (χ2v) is 6.12. The van der Waals surface area contributed by atoms with E-state index in [1.54, 1.807) is 0 Å². The summed E-state index contributed by atoms with van der Waals surface area (Å²) in [5.41, 5.74) is 7.47. The maximum atomic E-state index is 7.46. The number of halogens is 1. The number of nitrogens with two attached hydrogens (primary N) is 1. The zero-order valence-electron chi connectivity index (χ0n) is 11.5. The Bertz CT molecular complexity index is 465. The summed E-state index contributed by atoms with van der Waals surface area (Å²) in [5, 5.41) is 7.46. The van der Waals surface area contributed by atoms with E-state index in [-0.39, 0.29) is 5.84 Å². The molecule has 1 saturated heterocycles. The van der Waals surface area contributed by atoms with Gasteiger partial charge < -0.3 is 15.5 Å². The van der Waals surface area contributed by atoms with Crippen molar-refractivity contribution in [3.05, 3.63) is 28.2 Å². The molecule has 19 heavy (non-hydrogen) atoms. The Kier molecular flexibility index (Phi) is 4.47. The molecule has 0 aromatic heterocycles. The minimum absolute atomic E-state index is 0.110. The average molecular weight is 325 g/mol. The van der Waals surface area contributed by atoms with Crippen LogP contribution in [-0.4, -0.2) is 44.0 Å². The van der Waals surface area contributed by atoms with Crippen LogP contribution >= 0.6 is 15.9 Å². The van der Waals surface area contributed by atoms with Crippen molar-refractivity contribution in [2.24, 2.45) is 5.73 Å². The first-order valence-electron chi connectivity index (χ1n) is 6.54. The van der Waals surface area contributed by atoms with Gasteiger partial charge in [0.25, 0.3) is 0 Å². The quantitative estimate of drug-likeness (QED) is 0.662. The number of amidine groups is 1. The lowest BCUT2D eigenvalue weighted by molar-refractivity contribution is 0.249. The van der Waals surface area contributed by atoms with Gasteiger partial charge in [0.1, 0.15) is 5.84 Å². The minimum atomic E-state index is 0.110. The predicted octanol–water partition coefficient (Wildman–Crippen LogP) is 2.26. The second-order valence-electron chi connectivity index (χ2n) is 5.26. The van der Waals surface area contributed by atoms with Crippen LogP contribution < -0.4 is 10.6 Å². The smallest absolute Gasteiger partial charge is 0.122 e. The van der Waals surface area contributed by atoms with Crippen LogP contribution in [0.15, 0.2) is 22.7 Å². The molecule has 1 aliphatic rings. The summed E-state index contributed by atoms with van der Waals surface area (Å²) in [7, 11) is 4.30. The zero-order valence-corrected chi connectivity index (χ0v) is 13.1. The molecular weight excluding hydrogens is 304 g/mol. The van der Waals surface area contributed by atoms with Gasteiger partial charge in [0.15, 0.2) is 0 Å². The molecule has 1 heterocycles. The molecule has 0 radical (unpaired) electrons. The van der Waals surface area contributed by atoms with E-state index >= 15 is 0 Å². The first kappa shape index (κ1) is 14.3. The van der Waals surface area contributed by atoms with Crippen molar-refractivity contribution in [3.8, 4) is 0 Å². The first-order valence-corrected chi connectivity index (χ1v) is 7.33. The molecule has 3 N–H and O–H groups in total. The molecule has 0 amide bonds. The van der Waals surface area contributed by atoms with Gasteiger partial charge in [-0.05, 0) is 61.1 Å². The molecule has 0 bridgehead atoms. The van der Waals surface area contributed by atoms with E-state index in [2.05, 4.69) is 45.9 Å². The molecular formula is C14H21BrN4. The summed E-state index contributed by atoms with van der Waals surface area (Å²) in [5.74, 6) is 0.110. The van der Waals surface area contributed by atoms with E-state index in [1.807, 2.05) is 12.1 Å². The van der Waals surface area contributed by atoms with Crippen LogP contribution in [0, 0.1) is 5.41 Å². The average Bonchev–Trinajstić information content (AvgIpc) is 2.38. The molecule has 0 spiro atoms. The molecule has 0 atom stereocenters. The molecule has 1 aliphatic heterocycles. The largest absolute Gasteiger partial charge is 0.384 e. The number of nitrogens with zero attached hydrogens (tertiary/aromatic N) is 2. The maximum Gasteiger partial charge on any atom is 0.122 e. The third-order valence-electron chi connectivity index (χ3n) is 3.79. The maximum absolute atomic E-state index is 7.46. The van der Waals surface area contributed by atoms with Crippen molar-refractivity contribution >= 4 is 27.5 Å². The number of piperidine rings is 1. The van der Waals surface area contributed by atoms with Crippen molar-refractivity contribution in [3.63, 3.8) is 0 Å². The van der Waals surface area contributed by atoms with E-state index in [4.69, 9.17) is 11.1 Å². The molecule has 104 valence electrons. The third-order valence-corrected chi connectivity index (χ3v) is 4.43. The molecule has 0 aliphatic carbocycles. The highest BCUT2D eigenvalue weighted by Crippen LogP contribution is 2.30. The number of rotatable bonds is 3. The summed E-state index contributed by atoms with van der Waals surface area (Å²) in [6, 6.07) is 6.58. The Morgan fingerprint density at radius 3 is 2.47 bits per heavy atom. The van der Waals surface area contributed by atoms with Gasteiger partial charge in [0.05, 0.1) is 5.69 Å². The van der Waals surface area contributed by atoms with Gasteiger partial charge in [-0.15, -0.1) is 0 Å². The summed E-state index contributed by atoms with van der Waals surface area (Å²) in [4.78, 5) is 4.71. The minimum Gasteiger partial charge on any atom is -0.384 e. The fourth-order valence-corrected chi connectivity index (χ4v) is 3.18. The zero-order chi connectivity index (χ0) is 14.0. The summed E-state index contributed by atoms with van der Waals surface area (Å²) in [6.45, 7) is 2.14. The van der Waals surface area contributed by atoms with Gasteiger partial charge in [-0.25, -0.2) is 0 Å². The van der Waals surface area contributed by atoms with E-state index in [9.17, 15) is 0 Å². The third kappa shape index (κ3) is 3.28. The molecule has 1 aromatic carbocycles. The van der Waals surface area contributed by atoms with E-state index in [0.717, 1.165) is 23.1 Å². The Labute approximate surface area is 123 Å². The summed E-state index contributed by atoms with van der Waals surface area (Å²) in [6.07, 6.45) is 2.38. The van der Waals surface area contributed by atoms with E-state index in [1.165, 1.54) is 18.5 Å². The van der Waals surface area contributed by atoms with Crippen molar-refractivity contribution in [2.45, 2.75) is 18.9 Å². The highest BCUT2D eigenvalue weighted by Gasteiger charge is 2.21. The Balaban J connectivity index is 2.09.